The van der Waals surface area contributed by atoms with Crippen LogP contribution in [-0.4, -0.2) is 62.3 Å². The second-order valence-electron chi connectivity index (χ2n) is 9.18. The molecule has 0 aliphatic carbocycles. The SMILES string of the molecule is CCCCc1ccc(Nc2nc3c(ncn3[C@@H]3O[C@H](COC(C)=O)[C@@H](OC(C)=O)[C@H]3OC(C)=O)c(=O)[nH]2)cc1. The van der Waals surface area contributed by atoms with Crippen molar-refractivity contribution in [2.45, 2.75) is 71.5 Å². The minimum atomic E-state index is -1.14. The maximum atomic E-state index is 12.8. The van der Waals surface area contributed by atoms with Crippen molar-refractivity contribution in [3.63, 3.8) is 0 Å². The molecular formula is C26H31N5O8. The number of H-pyrrole nitrogens is 1. The van der Waals surface area contributed by atoms with Crippen LogP contribution < -0.4 is 10.9 Å². The summed E-state index contributed by atoms with van der Waals surface area (Å²) in [4.78, 5) is 59.4. The molecule has 3 aromatic rings. The van der Waals surface area contributed by atoms with Crippen molar-refractivity contribution in [2.24, 2.45) is 0 Å². The second-order valence-corrected chi connectivity index (χ2v) is 9.18. The molecule has 4 atom stereocenters. The Morgan fingerprint density at radius 1 is 1.05 bits per heavy atom. The van der Waals surface area contributed by atoms with Crippen molar-refractivity contribution in [1.29, 1.82) is 0 Å². The Morgan fingerprint density at radius 3 is 2.38 bits per heavy atom. The van der Waals surface area contributed by atoms with E-state index >= 15 is 0 Å². The molecule has 13 nitrogen and oxygen atoms in total. The molecule has 0 saturated carbocycles. The monoisotopic (exact) mass is 541 g/mol. The van der Waals surface area contributed by atoms with Crippen molar-refractivity contribution >= 4 is 40.7 Å². The zero-order valence-electron chi connectivity index (χ0n) is 22.1. The smallest absolute Gasteiger partial charge is 0.303 e. The first-order valence-corrected chi connectivity index (χ1v) is 12.6. The number of carbonyl (C=O) groups excluding carboxylic acids is 3. The highest BCUT2D eigenvalue weighted by molar-refractivity contribution is 5.72. The van der Waals surface area contributed by atoms with Gasteiger partial charge in [-0.1, -0.05) is 25.5 Å². The molecule has 0 unspecified atom stereocenters. The van der Waals surface area contributed by atoms with Crippen molar-refractivity contribution in [1.82, 2.24) is 19.5 Å². The van der Waals surface area contributed by atoms with Gasteiger partial charge in [-0.15, -0.1) is 0 Å². The summed E-state index contributed by atoms with van der Waals surface area (Å²) >= 11 is 0. The average Bonchev–Trinajstić information content (AvgIpc) is 3.43. The number of aromatic nitrogens is 4. The van der Waals surface area contributed by atoms with E-state index in [-0.39, 0.29) is 23.7 Å². The number of aryl methyl sites for hydroxylation is 1. The first-order valence-electron chi connectivity index (χ1n) is 12.6. The normalized spacial score (nSPS) is 20.5. The highest BCUT2D eigenvalue weighted by Crippen LogP contribution is 2.35. The molecule has 2 aromatic heterocycles. The van der Waals surface area contributed by atoms with Gasteiger partial charge in [0.2, 0.25) is 5.95 Å². The molecule has 4 rings (SSSR count). The van der Waals surface area contributed by atoms with Gasteiger partial charge in [0.05, 0.1) is 6.33 Å². The van der Waals surface area contributed by atoms with Gasteiger partial charge in [0.25, 0.3) is 5.56 Å². The third-order valence-electron chi connectivity index (χ3n) is 6.08. The van der Waals surface area contributed by atoms with Crippen LogP contribution in [0.3, 0.4) is 0 Å². The number of anilines is 2. The Labute approximate surface area is 223 Å². The number of imidazole rings is 1. The van der Waals surface area contributed by atoms with E-state index < -0.39 is 48.0 Å². The van der Waals surface area contributed by atoms with Crippen molar-refractivity contribution in [2.75, 3.05) is 11.9 Å². The van der Waals surface area contributed by atoms with Gasteiger partial charge >= 0.3 is 17.9 Å². The lowest BCUT2D eigenvalue weighted by Gasteiger charge is -2.23. The first-order chi connectivity index (χ1) is 18.7. The van der Waals surface area contributed by atoms with E-state index in [4.69, 9.17) is 18.9 Å². The van der Waals surface area contributed by atoms with Crippen LogP contribution in [0.2, 0.25) is 0 Å². The van der Waals surface area contributed by atoms with Crippen LogP contribution >= 0.6 is 0 Å². The quantitative estimate of drug-likeness (QED) is 0.286. The molecule has 39 heavy (non-hydrogen) atoms. The number of nitrogens with one attached hydrogen (secondary N) is 2. The molecule has 1 fully saturated rings. The summed E-state index contributed by atoms with van der Waals surface area (Å²) in [6.07, 6.45) is 0.206. The fraction of sp³-hybridized carbons (Fsp3) is 0.462. The molecule has 13 heteroatoms. The number of rotatable bonds is 10. The minimum Gasteiger partial charge on any atom is -0.463 e. The lowest BCUT2D eigenvalue weighted by Crippen LogP contribution is -2.40. The van der Waals surface area contributed by atoms with Crippen molar-refractivity contribution in [3.05, 3.63) is 46.5 Å². The van der Waals surface area contributed by atoms with E-state index in [9.17, 15) is 19.2 Å². The first kappa shape index (κ1) is 27.8. The Bertz CT molecular complexity index is 1400. The van der Waals surface area contributed by atoms with E-state index in [1.54, 1.807) is 0 Å². The second kappa shape index (κ2) is 12.1. The van der Waals surface area contributed by atoms with Crippen LogP contribution in [0.1, 0.15) is 52.3 Å². The summed E-state index contributed by atoms with van der Waals surface area (Å²) in [6.45, 7) is 5.50. The molecule has 0 amide bonds. The molecule has 0 bridgehead atoms. The van der Waals surface area contributed by atoms with Crippen LogP contribution in [0.25, 0.3) is 11.2 Å². The van der Waals surface area contributed by atoms with Crippen LogP contribution in [0.5, 0.6) is 0 Å². The largest absolute Gasteiger partial charge is 0.463 e. The standard InChI is InChI=1S/C26H31N5O8/c1-5-6-7-17-8-10-18(11-9-17)28-26-29-23-20(24(35)30-26)27-13-31(23)25-22(38-16(4)34)21(37-15(3)33)19(39-25)12-36-14(2)32/h8-11,13,19,21-22,25H,5-7,12H2,1-4H3,(H2,28,29,30,35)/t19-,21-,22-,25-/m1/s1. The van der Waals surface area contributed by atoms with Gasteiger partial charge in [0, 0.05) is 26.5 Å². The van der Waals surface area contributed by atoms with E-state index in [0.29, 0.717) is 0 Å². The summed E-state index contributed by atoms with van der Waals surface area (Å²) < 4.78 is 23.4. The number of carbonyl (C=O) groups is 3. The van der Waals surface area contributed by atoms with Gasteiger partial charge < -0.3 is 24.3 Å². The van der Waals surface area contributed by atoms with Gasteiger partial charge in [-0.25, -0.2) is 4.98 Å². The molecule has 2 N–H and O–H groups in total. The Kier molecular flexibility index (Phi) is 8.59. The van der Waals surface area contributed by atoms with Crippen LogP contribution in [0, 0.1) is 0 Å². The number of esters is 3. The maximum Gasteiger partial charge on any atom is 0.303 e. The highest BCUT2D eigenvalue weighted by atomic mass is 16.7. The summed E-state index contributed by atoms with van der Waals surface area (Å²) in [5.41, 5.74) is 1.58. The summed E-state index contributed by atoms with van der Waals surface area (Å²) in [5, 5.41) is 3.09. The van der Waals surface area contributed by atoms with Crippen LogP contribution in [0.15, 0.2) is 35.4 Å². The average molecular weight is 542 g/mol. The number of unbranched alkanes of at least 4 members (excludes halogenated alkanes) is 1. The molecule has 208 valence electrons. The third-order valence-corrected chi connectivity index (χ3v) is 6.08. The molecule has 1 aromatic carbocycles. The molecule has 3 heterocycles. The zero-order chi connectivity index (χ0) is 28.1. The van der Waals surface area contributed by atoms with E-state index in [1.165, 1.54) is 37.2 Å². The van der Waals surface area contributed by atoms with Gasteiger partial charge in [0.1, 0.15) is 12.7 Å². The van der Waals surface area contributed by atoms with Crippen LogP contribution in [-0.2, 0) is 39.8 Å². The number of fused-ring (bicyclic) bond motifs is 1. The highest BCUT2D eigenvalue weighted by Gasteiger charge is 2.51. The topological polar surface area (TPSA) is 164 Å². The fourth-order valence-corrected chi connectivity index (χ4v) is 4.36. The molecule has 0 spiro atoms. The number of hydrogen-bond donors (Lipinski definition) is 2. The van der Waals surface area contributed by atoms with E-state index in [2.05, 4.69) is 27.2 Å². The molecule has 1 saturated heterocycles. The van der Waals surface area contributed by atoms with Gasteiger partial charge in [-0.05, 0) is 30.5 Å². The summed E-state index contributed by atoms with van der Waals surface area (Å²) in [5.74, 6) is -1.71. The van der Waals surface area contributed by atoms with Gasteiger partial charge in [0.15, 0.2) is 29.6 Å². The zero-order valence-corrected chi connectivity index (χ0v) is 22.1. The number of aromatic amines is 1. The number of benzene rings is 1. The maximum absolute atomic E-state index is 12.8. The number of hydrogen-bond acceptors (Lipinski definition) is 11. The fourth-order valence-electron chi connectivity index (χ4n) is 4.36. The lowest BCUT2D eigenvalue weighted by molar-refractivity contribution is -0.166. The molecular weight excluding hydrogens is 510 g/mol. The lowest BCUT2D eigenvalue weighted by atomic mass is 10.1. The Balaban J connectivity index is 1.68. The third kappa shape index (κ3) is 6.60. The minimum absolute atomic E-state index is 0.0214. The predicted molar refractivity (Wildman–Crippen MR) is 138 cm³/mol. The number of nitrogens with zero attached hydrogens (tertiary/aromatic N) is 3. The Morgan fingerprint density at radius 2 is 1.74 bits per heavy atom. The summed E-state index contributed by atoms with van der Waals surface area (Å²) in [7, 11) is 0. The van der Waals surface area contributed by atoms with Gasteiger partial charge in [-0.3, -0.25) is 28.7 Å². The molecule has 1 aliphatic heterocycles. The van der Waals surface area contributed by atoms with Crippen molar-refractivity contribution < 1.29 is 33.3 Å². The van der Waals surface area contributed by atoms with Crippen LogP contribution in [0.4, 0.5) is 11.6 Å². The summed E-state index contributed by atoms with van der Waals surface area (Å²) in [6, 6.07) is 7.81. The van der Waals surface area contributed by atoms with E-state index in [0.717, 1.165) is 24.9 Å². The predicted octanol–water partition coefficient (Wildman–Crippen LogP) is 2.53. The van der Waals surface area contributed by atoms with Crippen molar-refractivity contribution in [3.8, 4) is 0 Å². The van der Waals surface area contributed by atoms with E-state index in [1.807, 2.05) is 24.3 Å². The molecule has 1 aliphatic rings. The van der Waals surface area contributed by atoms with Gasteiger partial charge in [-0.2, -0.15) is 4.98 Å². The Hall–Kier alpha value is -4.26. The number of ether oxygens (including phenoxy) is 4. The molecule has 0 radical (unpaired) electrons.